The number of aliphatic hydroxyl groups excluding tert-OH is 1. The molecular formula is C28H24F3NO5. The van der Waals surface area contributed by atoms with Gasteiger partial charge in [0.25, 0.3) is 11.7 Å². The van der Waals surface area contributed by atoms with Gasteiger partial charge in [0.15, 0.2) is 0 Å². The van der Waals surface area contributed by atoms with Crippen LogP contribution in [0.15, 0.2) is 72.3 Å². The van der Waals surface area contributed by atoms with E-state index in [0.29, 0.717) is 29.0 Å². The number of amides is 1. The molecule has 0 saturated carbocycles. The predicted octanol–water partition coefficient (Wildman–Crippen LogP) is 6.23. The third-order valence-corrected chi connectivity index (χ3v) is 5.88. The first-order valence-corrected chi connectivity index (χ1v) is 11.5. The minimum Gasteiger partial charge on any atom is -0.507 e. The Morgan fingerprint density at radius 3 is 2.38 bits per heavy atom. The van der Waals surface area contributed by atoms with Crippen LogP contribution < -0.4 is 14.4 Å². The summed E-state index contributed by atoms with van der Waals surface area (Å²) in [5.74, 6) is -2.29. The fourth-order valence-electron chi connectivity index (χ4n) is 4.35. The van der Waals surface area contributed by atoms with E-state index in [0.717, 1.165) is 22.6 Å². The number of aryl methyl sites for hydroxylation is 2. The Hall–Kier alpha value is -4.27. The second-order valence-electron chi connectivity index (χ2n) is 8.54. The van der Waals surface area contributed by atoms with Gasteiger partial charge in [0.1, 0.15) is 17.3 Å². The smallest absolute Gasteiger partial charge is 0.507 e. The van der Waals surface area contributed by atoms with Crippen LogP contribution >= 0.6 is 0 Å². The number of ketones is 1. The van der Waals surface area contributed by atoms with E-state index >= 15 is 0 Å². The lowest BCUT2D eigenvalue weighted by Crippen LogP contribution is -2.29. The molecule has 1 saturated heterocycles. The van der Waals surface area contributed by atoms with Gasteiger partial charge in [-0.3, -0.25) is 14.5 Å². The molecule has 1 aliphatic rings. The molecule has 1 aliphatic heterocycles. The lowest BCUT2D eigenvalue weighted by Gasteiger charge is -2.26. The fourth-order valence-corrected chi connectivity index (χ4v) is 4.35. The number of benzene rings is 3. The van der Waals surface area contributed by atoms with E-state index in [2.05, 4.69) is 4.74 Å². The number of carbonyl (C=O) groups is 2. The van der Waals surface area contributed by atoms with Crippen LogP contribution in [0.1, 0.15) is 35.2 Å². The third kappa shape index (κ3) is 5.30. The summed E-state index contributed by atoms with van der Waals surface area (Å²) in [5.41, 5.74) is 2.17. The van der Waals surface area contributed by atoms with Crippen molar-refractivity contribution in [3.63, 3.8) is 0 Å². The minimum atomic E-state index is -4.94. The molecule has 1 heterocycles. The van der Waals surface area contributed by atoms with Crippen LogP contribution in [0.2, 0.25) is 0 Å². The second-order valence-corrected chi connectivity index (χ2v) is 8.54. The quantitative estimate of drug-likeness (QED) is 0.241. The number of rotatable bonds is 6. The summed E-state index contributed by atoms with van der Waals surface area (Å²) in [5, 5.41) is 11.3. The lowest BCUT2D eigenvalue weighted by atomic mass is 9.94. The molecule has 1 fully saturated rings. The Bertz CT molecular complexity index is 1400. The molecule has 1 amide bonds. The average molecular weight is 511 g/mol. The van der Waals surface area contributed by atoms with Gasteiger partial charge in [-0.1, -0.05) is 35.9 Å². The molecule has 1 unspecified atom stereocenters. The molecule has 0 spiro atoms. The SMILES string of the molecule is CCOc1ccc(/C(O)=C2\C(=O)C(=O)N(c3cccc(OC(F)(F)F)c3)C2c2cccc(C)c2)cc1C. The molecule has 1 atom stereocenters. The highest BCUT2D eigenvalue weighted by Gasteiger charge is 2.47. The van der Waals surface area contributed by atoms with Crippen molar-refractivity contribution >= 4 is 23.1 Å². The number of aliphatic hydroxyl groups is 1. The molecular weight excluding hydrogens is 487 g/mol. The number of carbonyl (C=O) groups excluding carboxylic acids is 2. The third-order valence-electron chi connectivity index (χ3n) is 5.88. The van der Waals surface area contributed by atoms with Crippen LogP contribution in [0, 0.1) is 13.8 Å². The Morgan fingerprint density at radius 1 is 1.00 bits per heavy atom. The number of nitrogens with zero attached hydrogens (tertiary/aromatic N) is 1. The highest BCUT2D eigenvalue weighted by Crippen LogP contribution is 2.43. The van der Waals surface area contributed by atoms with Crippen LogP contribution in [0.4, 0.5) is 18.9 Å². The summed E-state index contributed by atoms with van der Waals surface area (Å²) >= 11 is 0. The molecule has 0 aromatic heterocycles. The molecule has 3 aromatic carbocycles. The molecule has 3 aromatic rings. The minimum absolute atomic E-state index is 0.0114. The van der Waals surface area contributed by atoms with Gasteiger partial charge in [-0.15, -0.1) is 13.2 Å². The molecule has 4 rings (SSSR count). The van der Waals surface area contributed by atoms with Crippen molar-refractivity contribution in [2.75, 3.05) is 11.5 Å². The van der Waals surface area contributed by atoms with E-state index in [1.807, 2.05) is 19.9 Å². The molecule has 37 heavy (non-hydrogen) atoms. The molecule has 9 heteroatoms. The number of alkyl halides is 3. The first kappa shape index (κ1) is 25.8. The summed E-state index contributed by atoms with van der Waals surface area (Å²) in [6, 6.07) is 15.6. The van der Waals surface area contributed by atoms with Crippen molar-refractivity contribution in [3.8, 4) is 11.5 Å². The largest absolute Gasteiger partial charge is 0.573 e. The van der Waals surface area contributed by atoms with Crippen molar-refractivity contribution in [2.24, 2.45) is 0 Å². The summed E-state index contributed by atoms with van der Waals surface area (Å²) in [4.78, 5) is 27.6. The average Bonchev–Trinajstić information content (AvgIpc) is 3.09. The summed E-state index contributed by atoms with van der Waals surface area (Å²) in [6.07, 6.45) is -4.94. The maximum absolute atomic E-state index is 13.3. The number of hydrogen-bond donors (Lipinski definition) is 1. The summed E-state index contributed by atoms with van der Waals surface area (Å²) in [7, 11) is 0. The number of halogens is 3. The van der Waals surface area contributed by atoms with Crippen LogP contribution in [0.3, 0.4) is 0 Å². The predicted molar refractivity (Wildman–Crippen MR) is 131 cm³/mol. The number of anilines is 1. The van der Waals surface area contributed by atoms with E-state index in [-0.39, 0.29) is 11.3 Å². The van der Waals surface area contributed by atoms with Gasteiger partial charge >= 0.3 is 6.36 Å². The van der Waals surface area contributed by atoms with E-state index in [1.54, 1.807) is 43.3 Å². The highest BCUT2D eigenvalue weighted by atomic mass is 19.4. The van der Waals surface area contributed by atoms with E-state index in [9.17, 15) is 27.9 Å². The summed E-state index contributed by atoms with van der Waals surface area (Å²) < 4.78 is 48.1. The molecule has 0 bridgehead atoms. The van der Waals surface area contributed by atoms with Crippen LogP contribution in [-0.4, -0.2) is 29.8 Å². The van der Waals surface area contributed by atoms with Crippen LogP contribution in [0.25, 0.3) is 5.76 Å². The number of ether oxygens (including phenoxy) is 2. The first-order chi connectivity index (χ1) is 17.5. The standard InChI is InChI=1S/C28H24F3NO5/c1-4-36-22-12-11-19(14-17(22)3)25(33)23-24(18-8-5-7-16(2)13-18)32(27(35)26(23)34)20-9-6-10-21(15-20)37-28(29,30)31/h5-15,24,33H,4H2,1-3H3/b25-23+. The normalized spacial score (nSPS) is 17.2. The van der Waals surface area contributed by atoms with Crippen molar-refractivity contribution in [2.45, 2.75) is 33.2 Å². The second kappa shape index (κ2) is 10.0. The Balaban J connectivity index is 1.89. The van der Waals surface area contributed by atoms with Gasteiger partial charge in [0.2, 0.25) is 0 Å². The zero-order valence-corrected chi connectivity index (χ0v) is 20.3. The van der Waals surface area contributed by atoms with Gasteiger partial charge in [-0.05, 0) is 62.2 Å². The number of hydrogen-bond acceptors (Lipinski definition) is 5. The van der Waals surface area contributed by atoms with Crippen LogP contribution in [-0.2, 0) is 9.59 Å². The fraction of sp³-hybridized carbons (Fsp3) is 0.214. The maximum atomic E-state index is 13.3. The van der Waals surface area contributed by atoms with Gasteiger partial charge in [0.05, 0.1) is 18.2 Å². The van der Waals surface area contributed by atoms with Crippen molar-refractivity contribution in [1.29, 1.82) is 0 Å². The lowest BCUT2D eigenvalue weighted by molar-refractivity contribution is -0.274. The Morgan fingerprint density at radius 2 is 1.73 bits per heavy atom. The summed E-state index contributed by atoms with van der Waals surface area (Å²) in [6.45, 7) is 5.89. The Labute approximate surface area is 211 Å². The first-order valence-electron chi connectivity index (χ1n) is 11.5. The molecule has 1 N–H and O–H groups in total. The topological polar surface area (TPSA) is 76.1 Å². The van der Waals surface area contributed by atoms with Gasteiger partial charge < -0.3 is 14.6 Å². The molecule has 0 aliphatic carbocycles. The van der Waals surface area contributed by atoms with E-state index < -0.39 is 35.6 Å². The molecule has 0 radical (unpaired) electrons. The maximum Gasteiger partial charge on any atom is 0.573 e. The molecule has 192 valence electrons. The van der Waals surface area contributed by atoms with Crippen LogP contribution in [0.5, 0.6) is 11.5 Å². The molecule has 6 nitrogen and oxygen atoms in total. The van der Waals surface area contributed by atoms with Crippen molar-refractivity contribution in [3.05, 3.63) is 94.6 Å². The highest BCUT2D eigenvalue weighted by molar-refractivity contribution is 6.51. The van der Waals surface area contributed by atoms with E-state index in [1.165, 1.54) is 12.1 Å². The van der Waals surface area contributed by atoms with Gasteiger partial charge in [0, 0.05) is 17.3 Å². The van der Waals surface area contributed by atoms with Crippen molar-refractivity contribution in [1.82, 2.24) is 0 Å². The van der Waals surface area contributed by atoms with Gasteiger partial charge in [-0.2, -0.15) is 0 Å². The number of Topliss-reactive ketones (excluding diaryl/α,β-unsaturated/α-hetero) is 1. The van der Waals surface area contributed by atoms with E-state index in [4.69, 9.17) is 4.74 Å². The zero-order chi connectivity index (χ0) is 26.9. The van der Waals surface area contributed by atoms with Gasteiger partial charge in [-0.25, -0.2) is 0 Å². The van der Waals surface area contributed by atoms with Crippen molar-refractivity contribution < 1.29 is 37.3 Å². The zero-order valence-electron chi connectivity index (χ0n) is 20.3. The Kier molecular flexibility index (Phi) is 6.98. The monoisotopic (exact) mass is 511 g/mol.